The molecule has 2 atom stereocenters. The van der Waals surface area contributed by atoms with Crippen LogP contribution in [0.2, 0.25) is 0 Å². The van der Waals surface area contributed by atoms with Crippen LogP contribution >= 0.6 is 0 Å². The average Bonchev–Trinajstić information content (AvgIpc) is 3.15. The lowest BCUT2D eigenvalue weighted by molar-refractivity contribution is -0.124. The summed E-state index contributed by atoms with van der Waals surface area (Å²) in [5.74, 6) is -0.0735. The first-order valence-electron chi connectivity index (χ1n) is 5.89. The van der Waals surface area contributed by atoms with Crippen molar-refractivity contribution < 1.29 is 9.53 Å². The first kappa shape index (κ1) is 12.6. The molecule has 1 aromatic carbocycles. The third-order valence-electron chi connectivity index (χ3n) is 2.83. The van der Waals surface area contributed by atoms with Gasteiger partial charge in [-0.25, -0.2) is 0 Å². The van der Waals surface area contributed by atoms with Crippen molar-refractivity contribution in [3.63, 3.8) is 0 Å². The summed E-state index contributed by atoms with van der Waals surface area (Å²) >= 11 is 0. The highest BCUT2D eigenvalue weighted by Crippen LogP contribution is 2.30. The molecule has 18 heavy (non-hydrogen) atoms. The van der Waals surface area contributed by atoms with Crippen LogP contribution in [0, 0.1) is 0 Å². The molecule has 1 aliphatic rings. The molecule has 1 fully saturated rings. The van der Waals surface area contributed by atoms with E-state index in [1.165, 1.54) is 4.90 Å². The first-order chi connectivity index (χ1) is 8.59. The van der Waals surface area contributed by atoms with Crippen LogP contribution in [-0.4, -0.2) is 37.1 Å². The standard InChI is InChI=1S/C15H17NO2/c1-11(15(17)16(2)3)14-13(18-14)10-9-12-7-5-4-6-8-12/h4-10,13-14H,1H2,2-3H3/b10-9+/t13-,14-/m0/s1. The van der Waals surface area contributed by atoms with Crippen LogP contribution in [0.1, 0.15) is 5.56 Å². The normalized spacial score (nSPS) is 21.9. The maximum absolute atomic E-state index is 11.7. The highest BCUT2D eigenvalue weighted by molar-refractivity contribution is 5.94. The van der Waals surface area contributed by atoms with Crippen molar-refractivity contribution >= 4 is 12.0 Å². The molecule has 0 unspecified atom stereocenters. The number of carbonyl (C=O) groups excluding carboxylic acids is 1. The molecule has 0 radical (unpaired) electrons. The molecule has 1 amide bonds. The van der Waals surface area contributed by atoms with E-state index in [1.54, 1.807) is 14.1 Å². The second-order valence-corrected chi connectivity index (χ2v) is 4.52. The van der Waals surface area contributed by atoms with E-state index in [0.29, 0.717) is 5.57 Å². The highest BCUT2D eigenvalue weighted by atomic mass is 16.6. The van der Waals surface area contributed by atoms with Crippen LogP contribution in [-0.2, 0) is 9.53 Å². The van der Waals surface area contributed by atoms with Crippen LogP contribution in [0.25, 0.3) is 6.08 Å². The van der Waals surface area contributed by atoms with Crippen molar-refractivity contribution in [2.45, 2.75) is 12.2 Å². The Kier molecular flexibility index (Phi) is 3.63. The van der Waals surface area contributed by atoms with Gasteiger partial charge in [0.25, 0.3) is 5.91 Å². The minimum absolute atomic E-state index is 0.0263. The Morgan fingerprint density at radius 3 is 2.61 bits per heavy atom. The highest BCUT2D eigenvalue weighted by Gasteiger charge is 2.41. The zero-order valence-electron chi connectivity index (χ0n) is 10.7. The number of nitrogens with zero attached hydrogens (tertiary/aromatic N) is 1. The fourth-order valence-electron chi connectivity index (χ4n) is 1.73. The maximum atomic E-state index is 11.7. The van der Waals surface area contributed by atoms with E-state index in [9.17, 15) is 4.79 Å². The van der Waals surface area contributed by atoms with E-state index in [2.05, 4.69) is 6.58 Å². The lowest BCUT2D eigenvalue weighted by Gasteiger charge is -2.10. The third kappa shape index (κ3) is 2.87. The van der Waals surface area contributed by atoms with Gasteiger partial charge in [-0.2, -0.15) is 0 Å². The van der Waals surface area contributed by atoms with Crippen LogP contribution in [0.3, 0.4) is 0 Å². The topological polar surface area (TPSA) is 32.8 Å². The monoisotopic (exact) mass is 243 g/mol. The molecule has 94 valence electrons. The van der Waals surface area contributed by atoms with Crippen molar-refractivity contribution in [2.75, 3.05) is 14.1 Å². The van der Waals surface area contributed by atoms with Gasteiger partial charge in [-0.15, -0.1) is 0 Å². The molecule has 1 heterocycles. The summed E-state index contributed by atoms with van der Waals surface area (Å²) in [5.41, 5.74) is 1.64. The van der Waals surface area contributed by atoms with Crippen molar-refractivity contribution in [1.29, 1.82) is 0 Å². The SMILES string of the molecule is C=C(C(=O)N(C)C)[C@@H]1O[C@H]1/C=C/c1ccccc1. The van der Waals surface area contributed by atoms with Gasteiger partial charge < -0.3 is 9.64 Å². The zero-order valence-corrected chi connectivity index (χ0v) is 10.7. The number of hydrogen-bond acceptors (Lipinski definition) is 2. The molecule has 3 heteroatoms. The third-order valence-corrected chi connectivity index (χ3v) is 2.83. The van der Waals surface area contributed by atoms with Crippen molar-refractivity contribution in [1.82, 2.24) is 4.90 Å². The number of likely N-dealkylation sites (N-methyl/N-ethyl adjacent to an activating group) is 1. The molecule has 0 aromatic heterocycles. The average molecular weight is 243 g/mol. The Hall–Kier alpha value is -1.87. The fourth-order valence-corrected chi connectivity index (χ4v) is 1.73. The molecular formula is C15H17NO2. The molecule has 0 bridgehead atoms. The maximum Gasteiger partial charge on any atom is 0.251 e. The minimum atomic E-state index is -0.167. The molecule has 1 aromatic rings. The van der Waals surface area contributed by atoms with Gasteiger partial charge in [-0.05, 0) is 5.56 Å². The van der Waals surface area contributed by atoms with Gasteiger partial charge in [0, 0.05) is 19.7 Å². The van der Waals surface area contributed by atoms with Crippen LogP contribution in [0.15, 0.2) is 48.6 Å². The largest absolute Gasteiger partial charge is 0.360 e. The van der Waals surface area contributed by atoms with E-state index in [0.717, 1.165) is 5.56 Å². The Morgan fingerprint density at radius 1 is 1.33 bits per heavy atom. The molecule has 0 spiro atoms. The van der Waals surface area contributed by atoms with Crippen LogP contribution in [0.5, 0.6) is 0 Å². The number of rotatable bonds is 4. The lowest BCUT2D eigenvalue weighted by atomic mass is 10.1. The smallest absolute Gasteiger partial charge is 0.251 e. The zero-order chi connectivity index (χ0) is 13.1. The Morgan fingerprint density at radius 2 is 2.00 bits per heavy atom. The summed E-state index contributed by atoms with van der Waals surface area (Å²) in [6, 6.07) is 9.99. The van der Waals surface area contributed by atoms with Crippen LogP contribution < -0.4 is 0 Å². The molecule has 1 saturated heterocycles. The van der Waals surface area contributed by atoms with Gasteiger partial charge in [-0.1, -0.05) is 49.1 Å². The number of ether oxygens (including phenoxy) is 1. The summed E-state index contributed by atoms with van der Waals surface area (Å²) in [6.45, 7) is 3.79. The minimum Gasteiger partial charge on any atom is -0.360 e. The molecule has 2 rings (SSSR count). The number of hydrogen-bond donors (Lipinski definition) is 0. The van der Waals surface area contributed by atoms with Crippen LogP contribution in [0.4, 0.5) is 0 Å². The molecule has 3 nitrogen and oxygen atoms in total. The van der Waals surface area contributed by atoms with E-state index in [-0.39, 0.29) is 18.1 Å². The molecule has 1 aliphatic heterocycles. The van der Waals surface area contributed by atoms with Crippen molar-refractivity contribution in [3.8, 4) is 0 Å². The quantitative estimate of drug-likeness (QED) is 0.599. The predicted octanol–water partition coefficient (Wildman–Crippen LogP) is 2.11. The van der Waals surface area contributed by atoms with E-state index in [4.69, 9.17) is 4.74 Å². The summed E-state index contributed by atoms with van der Waals surface area (Å²) in [5, 5.41) is 0. The molecule has 0 N–H and O–H groups in total. The summed E-state index contributed by atoms with van der Waals surface area (Å²) in [7, 11) is 3.43. The van der Waals surface area contributed by atoms with Crippen molar-refractivity contribution in [2.24, 2.45) is 0 Å². The summed E-state index contributed by atoms with van der Waals surface area (Å²) < 4.78 is 5.44. The van der Waals surface area contributed by atoms with E-state index in [1.807, 2.05) is 42.5 Å². The summed E-state index contributed by atoms with van der Waals surface area (Å²) in [4.78, 5) is 13.2. The molecular weight excluding hydrogens is 226 g/mol. The Bertz CT molecular complexity index is 477. The number of amides is 1. The molecule has 0 saturated carbocycles. The van der Waals surface area contributed by atoms with Gasteiger partial charge in [0.05, 0.1) is 0 Å². The predicted molar refractivity (Wildman–Crippen MR) is 72.0 cm³/mol. The second-order valence-electron chi connectivity index (χ2n) is 4.52. The number of benzene rings is 1. The van der Waals surface area contributed by atoms with Gasteiger partial charge in [0.1, 0.15) is 12.2 Å². The van der Waals surface area contributed by atoms with Gasteiger partial charge in [-0.3, -0.25) is 4.79 Å². The number of carbonyl (C=O) groups is 1. The van der Waals surface area contributed by atoms with E-state index >= 15 is 0 Å². The van der Waals surface area contributed by atoms with Gasteiger partial charge in [0.15, 0.2) is 0 Å². The second kappa shape index (κ2) is 5.19. The summed E-state index contributed by atoms with van der Waals surface area (Å²) in [6.07, 6.45) is 3.77. The van der Waals surface area contributed by atoms with E-state index < -0.39 is 0 Å². The molecule has 0 aliphatic carbocycles. The fraction of sp³-hybridized carbons (Fsp3) is 0.267. The number of epoxide rings is 1. The lowest BCUT2D eigenvalue weighted by Crippen LogP contribution is -2.25. The van der Waals surface area contributed by atoms with Gasteiger partial charge in [0.2, 0.25) is 0 Å². The first-order valence-corrected chi connectivity index (χ1v) is 5.89. The Labute approximate surface area is 107 Å². The van der Waals surface area contributed by atoms with Crippen molar-refractivity contribution in [3.05, 3.63) is 54.1 Å². The Balaban J connectivity index is 1.91. The van der Waals surface area contributed by atoms with Gasteiger partial charge >= 0.3 is 0 Å².